The number of hydrogen-bond donors (Lipinski definition) is 1. The first-order valence-electron chi connectivity index (χ1n) is 6.78. The van der Waals surface area contributed by atoms with Gasteiger partial charge in [-0.1, -0.05) is 6.07 Å². The number of carbonyl (C=O) groups is 1. The first-order chi connectivity index (χ1) is 10.9. The zero-order valence-corrected chi connectivity index (χ0v) is 13.9. The van der Waals surface area contributed by atoms with E-state index in [4.69, 9.17) is 0 Å². The Morgan fingerprint density at radius 3 is 2.57 bits per heavy atom. The van der Waals surface area contributed by atoms with Gasteiger partial charge in [0.1, 0.15) is 28.7 Å². The van der Waals surface area contributed by atoms with Gasteiger partial charge < -0.3 is 5.32 Å². The Bertz CT molecular complexity index is 916. The fourth-order valence-electron chi connectivity index (χ4n) is 2.45. The third-order valence-electron chi connectivity index (χ3n) is 3.46. The Labute approximate surface area is 139 Å². The van der Waals surface area contributed by atoms with E-state index in [1.165, 1.54) is 6.07 Å². The highest BCUT2D eigenvalue weighted by atomic mass is 79.9. The molecule has 0 aliphatic heterocycles. The zero-order valence-electron chi connectivity index (χ0n) is 12.3. The number of pyridine rings is 1. The molecule has 1 aromatic carbocycles. The molecule has 0 atom stereocenters. The molecule has 118 valence electrons. The minimum absolute atomic E-state index is 0.229. The van der Waals surface area contributed by atoms with Gasteiger partial charge in [0.15, 0.2) is 0 Å². The van der Waals surface area contributed by atoms with Crippen LogP contribution in [0.15, 0.2) is 34.9 Å². The van der Waals surface area contributed by atoms with Crippen molar-refractivity contribution in [3.8, 4) is 0 Å². The van der Waals surface area contributed by atoms with E-state index >= 15 is 0 Å². The number of amides is 1. The van der Waals surface area contributed by atoms with Crippen LogP contribution in [-0.2, 0) is 0 Å². The maximum Gasteiger partial charge on any atom is 0.274 e. The molecule has 1 amide bonds. The number of imidazole rings is 1. The highest BCUT2D eigenvalue weighted by Crippen LogP contribution is 2.23. The lowest BCUT2D eigenvalue weighted by Crippen LogP contribution is -2.17. The maximum absolute atomic E-state index is 13.7. The van der Waals surface area contributed by atoms with Crippen molar-refractivity contribution < 1.29 is 13.6 Å². The van der Waals surface area contributed by atoms with Crippen LogP contribution in [0.4, 0.5) is 14.5 Å². The number of benzene rings is 1. The number of aryl methyl sites for hydroxylation is 2. The molecule has 1 N–H and O–H groups in total. The molecule has 4 nitrogen and oxygen atoms in total. The van der Waals surface area contributed by atoms with E-state index in [1.807, 2.05) is 13.0 Å². The summed E-state index contributed by atoms with van der Waals surface area (Å²) in [6.45, 7) is 3.54. The number of anilines is 1. The molecule has 3 aromatic rings. The molecule has 0 aliphatic carbocycles. The third kappa shape index (κ3) is 2.72. The van der Waals surface area contributed by atoms with Gasteiger partial charge in [0, 0.05) is 10.7 Å². The van der Waals surface area contributed by atoms with Crippen molar-refractivity contribution >= 4 is 33.2 Å². The average molecular weight is 380 g/mol. The summed E-state index contributed by atoms with van der Waals surface area (Å²) < 4.78 is 29.8. The predicted octanol–water partition coefficient (Wildman–Crippen LogP) is 4.24. The van der Waals surface area contributed by atoms with Crippen LogP contribution in [0.3, 0.4) is 0 Å². The van der Waals surface area contributed by atoms with Gasteiger partial charge in [0.2, 0.25) is 0 Å². The van der Waals surface area contributed by atoms with Crippen molar-refractivity contribution in [1.29, 1.82) is 0 Å². The van der Waals surface area contributed by atoms with Crippen LogP contribution >= 0.6 is 15.9 Å². The van der Waals surface area contributed by atoms with Crippen LogP contribution in [0.5, 0.6) is 0 Å². The van der Waals surface area contributed by atoms with Crippen LogP contribution in [0.2, 0.25) is 0 Å². The normalized spacial score (nSPS) is 11.0. The number of rotatable bonds is 2. The average Bonchev–Trinajstić information content (AvgIpc) is 2.79. The number of para-hydroxylation sites is 1. The van der Waals surface area contributed by atoms with Crippen molar-refractivity contribution in [2.24, 2.45) is 0 Å². The summed E-state index contributed by atoms with van der Waals surface area (Å²) in [7, 11) is 0. The summed E-state index contributed by atoms with van der Waals surface area (Å²) >= 11 is 3.37. The largest absolute Gasteiger partial charge is 0.316 e. The van der Waals surface area contributed by atoms with E-state index in [0.717, 1.165) is 22.2 Å². The number of nitrogens with one attached hydrogen (secondary N) is 1. The van der Waals surface area contributed by atoms with E-state index in [2.05, 4.69) is 26.2 Å². The second kappa shape index (κ2) is 5.73. The van der Waals surface area contributed by atoms with Gasteiger partial charge in [-0.05, 0) is 53.5 Å². The van der Waals surface area contributed by atoms with Crippen LogP contribution in [0.1, 0.15) is 21.7 Å². The van der Waals surface area contributed by atoms with Gasteiger partial charge in [0.25, 0.3) is 5.91 Å². The zero-order chi connectivity index (χ0) is 16.7. The smallest absolute Gasteiger partial charge is 0.274 e. The van der Waals surface area contributed by atoms with Gasteiger partial charge in [-0.25, -0.2) is 13.8 Å². The molecule has 0 radical (unpaired) electrons. The van der Waals surface area contributed by atoms with Crippen LogP contribution in [-0.4, -0.2) is 15.3 Å². The Morgan fingerprint density at radius 2 is 1.91 bits per heavy atom. The Morgan fingerprint density at radius 1 is 1.26 bits per heavy atom. The van der Waals surface area contributed by atoms with E-state index in [-0.39, 0.29) is 5.69 Å². The summed E-state index contributed by atoms with van der Waals surface area (Å²) in [4.78, 5) is 16.9. The van der Waals surface area contributed by atoms with Crippen LogP contribution in [0.25, 0.3) is 5.65 Å². The van der Waals surface area contributed by atoms with Crippen molar-refractivity contribution in [2.75, 3.05) is 5.32 Å². The fraction of sp³-hybridized carbons (Fsp3) is 0.125. The molecule has 0 saturated heterocycles. The van der Waals surface area contributed by atoms with E-state index < -0.39 is 23.2 Å². The maximum atomic E-state index is 13.7. The minimum atomic E-state index is -0.831. The van der Waals surface area contributed by atoms with Crippen LogP contribution < -0.4 is 5.32 Å². The lowest BCUT2D eigenvalue weighted by atomic mass is 10.2. The van der Waals surface area contributed by atoms with Crippen molar-refractivity contribution in [2.45, 2.75) is 13.8 Å². The van der Waals surface area contributed by atoms with Crippen LogP contribution in [0, 0.1) is 25.5 Å². The standard InChI is InChI=1S/C16H12BrF2N3O/c1-8-6-10(17)7-22-14(9(2)20-15(8)22)16(23)21-13-11(18)4-3-5-12(13)19/h3-7H,1-2H3,(H,21,23). The highest BCUT2D eigenvalue weighted by Gasteiger charge is 2.20. The van der Waals surface area contributed by atoms with E-state index in [1.54, 1.807) is 17.5 Å². The third-order valence-corrected chi connectivity index (χ3v) is 3.89. The highest BCUT2D eigenvalue weighted by molar-refractivity contribution is 9.10. The SMILES string of the molecule is Cc1nc2c(C)cc(Br)cn2c1C(=O)Nc1c(F)cccc1F. The molecule has 23 heavy (non-hydrogen) atoms. The number of aromatic nitrogens is 2. The summed E-state index contributed by atoms with van der Waals surface area (Å²) in [5.74, 6) is -2.29. The molecule has 0 saturated carbocycles. The van der Waals surface area contributed by atoms with Gasteiger partial charge in [-0.3, -0.25) is 9.20 Å². The first-order valence-corrected chi connectivity index (χ1v) is 7.58. The van der Waals surface area contributed by atoms with Gasteiger partial charge in [-0.15, -0.1) is 0 Å². The second-order valence-electron chi connectivity index (χ2n) is 5.13. The molecule has 3 rings (SSSR count). The molecule has 0 aliphatic rings. The number of nitrogens with zero attached hydrogens (tertiary/aromatic N) is 2. The molecule has 7 heteroatoms. The summed E-state index contributed by atoms with van der Waals surface area (Å²) in [6.07, 6.45) is 1.69. The molecular formula is C16H12BrF2N3O. The second-order valence-corrected chi connectivity index (χ2v) is 6.05. The number of carbonyl (C=O) groups excluding carboxylic acids is 1. The Balaban J connectivity index is 2.10. The summed E-state index contributed by atoms with van der Waals surface area (Å²) in [5, 5.41) is 2.29. The lowest BCUT2D eigenvalue weighted by Gasteiger charge is -2.08. The molecule has 2 aromatic heterocycles. The molecule has 0 fully saturated rings. The minimum Gasteiger partial charge on any atom is -0.316 e. The summed E-state index contributed by atoms with van der Waals surface area (Å²) in [6, 6.07) is 5.28. The Hall–Kier alpha value is -2.28. The van der Waals surface area contributed by atoms with Crippen molar-refractivity contribution in [1.82, 2.24) is 9.38 Å². The molecule has 0 spiro atoms. The molecular weight excluding hydrogens is 368 g/mol. The molecule has 2 heterocycles. The van der Waals surface area contributed by atoms with E-state index in [0.29, 0.717) is 11.3 Å². The molecule has 0 unspecified atom stereocenters. The topological polar surface area (TPSA) is 46.4 Å². The summed E-state index contributed by atoms with van der Waals surface area (Å²) in [5.41, 5.74) is 1.72. The number of fused-ring (bicyclic) bond motifs is 1. The Kier molecular flexibility index (Phi) is 3.89. The van der Waals surface area contributed by atoms with E-state index in [9.17, 15) is 13.6 Å². The molecule has 0 bridgehead atoms. The number of halogens is 3. The lowest BCUT2D eigenvalue weighted by molar-refractivity contribution is 0.101. The van der Waals surface area contributed by atoms with Gasteiger partial charge in [0.05, 0.1) is 5.69 Å². The van der Waals surface area contributed by atoms with Gasteiger partial charge >= 0.3 is 0 Å². The predicted molar refractivity (Wildman–Crippen MR) is 86.7 cm³/mol. The quantitative estimate of drug-likeness (QED) is 0.723. The first kappa shape index (κ1) is 15.6. The number of hydrogen-bond acceptors (Lipinski definition) is 2. The van der Waals surface area contributed by atoms with Crippen molar-refractivity contribution in [3.63, 3.8) is 0 Å². The van der Waals surface area contributed by atoms with Gasteiger partial charge in [-0.2, -0.15) is 0 Å². The fourth-order valence-corrected chi connectivity index (χ4v) is 2.99. The monoisotopic (exact) mass is 379 g/mol. The van der Waals surface area contributed by atoms with Crippen molar-refractivity contribution in [3.05, 3.63) is 63.5 Å².